The molecule has 0 radical (unpaired) electrons. The molecule has 23 heavy (non-hydrogen) atoms. The number of esters is 1. The molecular formula is C18H16BrNO3. The number of aryl methyl sites for hydroxylation is 1. The Morgan fingerprint density at radius 3 is 2.48 bits per heavy atom. The Kier molecular flexibility index (Phi) is 5.71. The maximum Gasteiger partial charge on any atom is 0.337 e. The fourth-order valence-electron chi connectivity index (χ4n) is 1.92. The highest BCUT2D eigenvalue weighted by molar-refractivity contribution is 9.10. The Morgan fingerprint density at radius 1 is 1.13 bits per heavy atom. The second-order valence-corrected chi connectivity index (χ2v) is 5.81. The lowest BCUT2D eigenvalue weighted by molar-refractivity contribution is -0.111. The van der Waals surface area contributed by atoms with Gasteiger partial charge in [-0.3, -0.25) is 4.79 Å². The van der Waals surface area contributed by atoms with E-state index in [-0.39, 0.29) is 5.91 Å². The van der Waals surface area contributed by atoms with Crippen LogP contribution in [-0.2, 0) is 9.53 Å². The molecule has 0 fully saturated rings. The lowest BCUT2D eigenvalue weighted by Crippen LogP contribution is -2.10. The van der Waals surface area contributed by atoms with Gasteiger partial charge in [0.05, 0.1) is 12.7 Å². The third kappa shape index (κ3) is 4.79. The van der Waals surface area contributed by atoms with Gasteiger partial charge in [0, 0.05) is 16.2 Å². The summed E-state index contributed by atoms with van der Waals surface area (Å²) >= 11 is 3.36. The van der Waals surface area contributed by atoms with Crippen LogP contribution < -0.4 is 5.32 Å². The number of ether oxygens (including phenoxy) is 1. The van der Waals surface area contributed by atoms with Crippen LogP contribution in [0.3, 0.4) is 0 Å². The zero-order valence-corrected chi connectivity index (χ0v) is 14.4. The lowest BCUT2D eigenvalue weighted by atomic mass is 10.1. The summed E-state index contributed by atoms with van der Waals surface area (Å²) in [6.07, 6.45) is 3.18. The van der Waals surface area contributed by atoms with Crippen LogP contribution in [0.4, 0.5) is 5.69 Å². The Hall–Kier alpha value is -2.40. The molecule has 1 N–H and O–H groups in total. The first kappa shape index (κ1) is 17.0. The molecule has 118 valence electrons. The molecule has 4 nitrogen and oxygen atoms in total. The van der Waals surface area contributed by atoms with Gasteiger partial charge < -0.3 is 10.1 Å². The number of anilines is 1. The normalized spacial score (nSPS) is 10.6. The molecule has 0 heterocycles. The van der Waals surface area contributed by atoms with E-state index in [1.807, 2.05) is 31.2 Å². The quantitative estimate of drug-likeness (QED) is 0.645. The molecule has 0 aromatic heterocycles. The number of hydrogen-bond donors (Lipinski definition) is 1. The first-order chi connectivity index (χ1) is 11.0. The molecule has 0 saturated heterocycles. The molecule has 5 heteroatoms. The molecular weight excluding hydrogens is 358 g/mol. The summed E-state index contributed by atoms with van der Waals surface area (Å²) in [4.78, 5) is 23.6. The molecule has 2 aromatic rings. The van der Waals surface area contributed by atoms with Gasteiger partial charge in [-0.15, -0.1) is 0 Å². The third-order valence-corrected chi connectivity index (χ3v) is 3.74. The summed E-state index contributed by atoms with van der Waals surface area (Å²) in [6.45, 7) is 1.86. The predicted octanol–water partition coefficient (Wildman–Crippen LogP) is 4.20. The fraction of sp³-hybridized carbons (Fsp3) is 0.111. The van der Waals surface area contributed by atoms with E-state index in [0.29, 0.717) is 11.3 Å². The van der Waals surface area contributed by atoms with Crippen LogP contribution in [0.5, 0.6) is 0 Å². The van der Waals surface area contributed by atoms with E-state index in [4.69, 9.17) is 0 Å². The number of hydrogen-bond acceptors (Lipinski definition) is 3. The second kappa shape index (κ2) is 7.74. The van der Waals surface area contributed by atoms with Crippen LogP contribution in [0.2, 0.25) is 0 Å². The number of carbonyl (C=O) groups is 2. The molecule has 0 unspecified atom stereocenters. The van der Waals surface area contributed by atoms with E-state index < -0.39 is 5.97 Å². The average Bonchev–Trinajstić information content (AvgIpc) is 2.55. The third-order valence-electron chi connectivity index (χ3n) is 3.21. The molecule has 1 amide bonds. The van der Waals surface area contributed by atoms with Crippen molar-refractivity contribution in [2.45, 2.75) is 6.92 Å². The molecule has 2 aromatic carbocycles. The summed E-state index contributed by atoms with van der Waals surface area (Å²) in [5.41, 5.74) is 2.76. The van der Waals surface area contributed by atoms with E-state index in [2.05, 4.69) is 26.0 Å². The summed E-state index contributed by atoms with van der Waals surface area (Å²) in [7, 11) is 1.32. The highest BCUT2D eigenvalue weighted by atomic mass is 79.9. The number of halogens is 1. The van der Waals surface area contributed by atoms with Crippen molar-refractivity contribution in [1.82, 2.24) is 0 Å². The highest BCUT2D eigenvalue weighted by Crippen LogP contribution is 2.18. The van der Waals surface area contributed by atoms with Crippen LogP contribution in [0.1, 0.15) is 21.5 Å². The van der Waals surface area contributed by atoms with E-state index >= 15 is 0 Å². The van der Waals surface area contributed by atoms with Gasteiger partial charge in [0.15, 0.2) is 0 Å². The van der Waals surface area contributed by atoms with E-state index in [9.17, 15) is 9.59 Å². The molecule has 0 spiro atoms. The topological polar surface area (TPSA) is 55.4 Å². The summed E-state index contributed by atoms with van der Waals surface area (Å²) in [5, 5.41) is 2.77. The minimum Gasteiger partial charge on any atom is -0.465 e. The fourth-order valence-corrected chi connectivity index (χ4v) is 2.19. The lowest BCUT2D eigenvalue weighted by Gasteiger charge is -2.08. The van der Waals surface area contributed by atoms with Crippen molar-refractivity contribution in [3.8, 4) is 0 Å². The van der Waals surface area contributed by atoms with Crippen molar-refractivity contribution in [3.63, 3.8) is 0 Å². The SMILES string of the molecule is COC(=O)c1ccc(C)c(NC(=O)/C=C/c2ccc(Br)cc2)c1. The molecule has 0 bridgehead atoms. The van der Waals surface area contributed by atoms with Gasteiger partial charge >= 0.3 is 5.97 Å². The Morgan fingerprint density at radius 2 is 1.83 bits per heavy atom. The van der Waals surface area contributed by atoms with Gasteiger partial charge in [0.25, 0.3) is 0 Å². The number of benzene rings is 2. The van der Waals surface area contributed by atoms with Crippen molar-refractivity contribution in [1.29, 1.82) is 0 Å². The zero-order chi connectivity index (χ0) is 16.8. The van der Waals surface area contributed by atoms with E-state index in [1.54, 1.807) is 24.3 Å². The summed E-state index contributed by atoms with van der Waals surface area (Å²) < 4.78 is 5.66. The zero-order valence-electron chi connectivity index (χ0n) is 12.8. The molecule has 0 saturated carbocycles. The van der Waals surface area contributed by atoms with Crippen molar-refractivity contribution in [2.24, 2.45) is 0 Å². The van der Waals surface area contributed by atoms with Gasteiger partial charge in [-0.25, -0.2) is 4.79 Å². The molecule has 0 aliphatic heterocycles. The van der Waals surface area contributed by atoms with E-state index in [1.165, 1.54) is 13.2 Å². The Bertz CT molecular complexity index is 751. The highest BCUT2D eigenvalue weighted by Gasteiger charge is 2.09. The van der Waals surface area contributed by atoms with Crippen LogP contribution in [0, 0.1) is 6.92 Å². The molecule has 2 rings (SSSR count). The van der Waals surface area contributed by atoms with Gasteiger partial charge in [0.1, 0.15) is 0 Å². The molecule has 0 atom stereocenters. The summed E-state index contributed by atoms with van der Waals surface area (Å²) in [6, 6.07) is 12.6. The smallest absolute Gasteiger partial charge is 0.337 e. The first-order valence-corrected chi connectivity index (χ1v) is 7.72. The minimum atomic E-state index is -0.439. The van der Waals surface area contributed by atoms with E-state index in [0.717, 1.165) is 15.6 Å². The molecule has 0 aliphatic carbocycles. The van der Waals surface area contributed by atoms with Crippen molar-refractivity contribution in [3.05, 3.63) is 69.7 Å². The number of nitrogens with one attached hydrogen (secondary N) is 1. The number of amides is 1. The van der Waals surface area contributed by atoms with Crippen LogP contribution in [0.25, 0.3) is 6.08 Å². The van der Waals surface area contributed by atoms with Crippen LogP contribution >= 0.6 is 15.9 Å². The van der Waals surface area contributed by atoms with Gasteiger partial charge in [0.2, 0.25) is 5.91 Å². The summed E-state index contributed by atoms with van der Waals surface area (Å²) in [5.74, 6) is -0.705. The number of carbonyl (C=O) groups excluding carboxylic acids is 2. The standard InChI is InChI=1S/C18H16BrNO3/c1-12-3-7-14(18(22)23-2)11-16(12)20-17(21)10-6-13-4-8-15(19)9-5-13/h3-11H,1-2H3,(H,20,21)/b10-6+. The average molecular weight is 374 g/mol. The predicted molar refractivity (Wildman–Crippen MR) is 94.3 cm³/mol. The largest absolute Gasteiger partial charge is 0.465 e. The number of rotatable bonds is 4. The first-order valence-electron chi connectivity index (χ1n) is 6.93. The van der Waals surface area contributed by atoms with Crippen LogP contribution in [-0.4, -0.2) is 19.0 Å². The van der Waals surface area contributed by atoms with Crippen molar-refractivity contribution in [2.75, 3.05) is 12.4 Å². The maximum absolute atomic E-state index is 12.0. The van der Waals surface area contributed by atoms with Crippen LogP contribution in [0.15, 0.2) is 53.0 Å². The number of methoxy groups -OCH3 is 1. The van der Waals surface area contributed by atoms with Crippen molar-refractivity contribution < 1.29 is 14.3 Å². The Balaban J connectivity index is 2.10. The monoisotopic (exact) mass is 373 g/mol. The van der Waals surface area contributed by atoms with Gasteiger partial charge in [-0.1, -0.05) is 34.1 Å². The minimum absolute atomic E-state index is 0.266. The second-order valence-electron chi connectivity index (χ2n) is 4.90. The van der Waals surface area contributed by atoms with Crippen molar-refractivity contribution >= 4 is 39.6 Å². The van der Waals surface area contributed by atoms with Gasteiger partial charge in [-0.2, -0.15) is 0 Å². The van der Waals surface area contributed by atoms with Gasteiger partial charge in [-0.05, 0) is 48.4 Å². The maximum atomic E-state index is 12.0. The Labute approximate surface area is 143 Å². The molecule has 0 aliphatic rings.